The van der Waals surface area contributed by atoms with E-state index in [1.165, 1.54) is 5.56 Å². The zero-order chi connectivity index (χ0) is 13.4. The SMILES string of the molecule is CCCOC(=O)C(CC)CC(C)c1ccccc1. The van der Waals surface area contributed by atoms with Gasteiger partial charge in [-0.1, -0.05) is 51.1 Å². The standard InChI is InChI=1S/C16H24O2/c1-4-11-18-16(17)14(5-2)12-13(3)15-9-7-6-8-10-15/h6-10,13-14H,4-5,11-12H2,1-3H3. The molecular weight excluding hydrogens is 224 g/mol. The van der Waals surface area contributed by atoms with Crippen LogP contribution in [-0.2, 0) is 9.53 Å². The topological polar surface area (TPSA) is 26.3 Å². The third-order valence-corrected chi connectivity index (χ3v) is 3.28. The summed E-state index contributed by atoms with van der Waals surface area (Å²) in [4.78, 5) is 11.9. The Morgan fingerprint density at radius 2 is 1.89 bits per heavy atom. The van der Waals surface area contributed by atoms with E-state index < -0.39 is 0 Å². The van der Waals surface area contributed by atoms with Gasteiger partial charge in [-0.15, -0.1) is 0 Å². The third-order valence-electron chi connectivity index (χ3n) is 3.28. The van der Waals surface area contributed by atoms with Gasteiger partial charge in [-0.05, 0) is 30.7 Å². The maximum atomic E-state index is 11.9. The highest BCUT2D eigenvalue weighted by molar-refractivity contribution is 5.72. The number of hydrogen-bond acceptors (Lipinski definition) is 2. The van der Waals surface area contributed by atoms with E-state index in [2.05, 4.69) is 26.0 Å². The lowest BCUT2D eigenvalue weighted by molar-refractivity contribution is -0.149. The summed E-state index contributed by atoms with van der Waals surface area (Å²) in [7, 11) is 0. The van der Waals surface area contributed by atoms with Gasteiger partial charge in [0, 0.05) is 0 Å². The number of esters is 1. The van der Waals surface area contributed by atoms with Gasteiger partial charge in [0.05, 0.1) is 12.5 Å². The molecule has 0 aliphatic heterocycles. The first-order valence-corrected chi connectivity index (χ1v) is 6.90. The molecule has 0 saturated heterocycles. The Balaban J connectivity index is 2.55. The van der Waals surface area contributed by atoms with Gasteiger partial charge < -0.3 is 4.74 Å². The smallest absolute Gasteiger partial charge is 0.308 e. The Morgan fingerprint density at radius 1 is 1.22 bits per heavy atom. The van der Waals surface area contributed by atoms with Crippen LogP contribution in [-0.4, -0.2) is 12.6 Å². The van der Waals surface area contributed by atoms with E-state index in [4.69, 9.17) is 4.74 Å². The van der Waals surface area contributed by atoms with Crippen molar-refractivity contribution in [1.82, 2.24) is 0 Å². The second-order valence-electron chi connectivity index (χ2n) is 4.82. The zero-order valence-corrected chi connectivity index (χ0v) is 11.7. The van der Waals surface area contributed by atoms with Gasteiger partial charge in [-0.2, -0.15) is 0 Å². The Hall–Kier alpha value is -1.31. The summed E-state index contributed by atoms with van der Waals surface area (Å²) in [6, 6.07) is 10.3. The maximum Gasteiger partial charge on any atom is 0.308 e. The van der Waals surface area contributed by atoms with Crippen molar-refractivity contribution >= 4 is 5.97 Å². The van der Waals surface area contributed by atoms with E-state index in [1.807, 2.05) is 25.1 Å². The van der Waals surface area contributed by atoms with E-state index in [0.29, 0.717) is 12.5 Å². The van der Waals surface area contributed by atoms with Crippen LogP contribution in [0.4, 0.5) is 0 Å². The summed E-state index contributed by atoms with van der Waals surface area (Å²) < 4.78 is 5.24. The molecule has 1 aromatic carbocycles. The molecule has 0 amide bonds. The number of carbonyl (C=O) groups is 1. The van der Waals surface area contributed by atoms with Gasteiger partial charge in [0.2, 0.25) is 0 Å². The molecule has 100 valence electrons. The molecule has 2 nitrogen and oxygen atoms in total. The fourth-order valence-electron chi connectivity index (χ4n) is 2.09. The monoisotopic (exact) mass is 248 g/mol. The quantitative estimate of drug-likeness (QED) is 0.677. The summed E-state index contributed by atoms with van der Waals surface area (Å²) in [5.41, 5.74) is 1.29. The number of carbonyl (C=O) groups excluding carboxylic acids is 1. The summed E-state index contributed by atoms with van der Waals surface area (Å²) in [6.07, 6.45) is 2.60. The van der Waals surface area contributed by atoms with E-state index >= 15 is 0 Å². The van der Waals surface area contributed by atoms with Crippen LogP contribution in [0, 0.1) is 5.92 Å². The highest BCUT2D eigenvalue weighted by Gasteiger charge is 2.21. The molecule has 0 saturated carbocycles. The first-order valence-electron chi connectivity index (χ1n) is 6.90. The zero-order valence-electron chi connectivity index (χ0n) is 11.7. The summed E-state index contributed by atoms with van der Waals surface area (Å²) in [5.74, 6) is 0.374. The first-order chi connectivity index (χ1) is 8.69. The van der Waals surface area contributed by atoms with Gasteiger partial charge in [0.1, 0.15) is 0 Å². The van der Waals surface area contributed by atoms with Gasteiger partial charge in [-0.3, -0.25) is 4.79 Å². The fourth-order valence-corrected chi connectivity index (χ4v) is 2.09. The molecule has 0 spiro atoms. The third kappa shape index (κ3) is 4.52. The Morgan fingerprint density at radius 3 is 2.44 bits per heavy atom. The molecular formula is C16H24O2. The van der Waals surface area contributed by atoms with E-state index in [9.17, 15) is 4.79 Å². The predicted octanol–water partition coefficient (Wildman–Crippen LogP) is 4.16. The molecule has 1 aromatic rings. The van der Waals surface area contributed by atoms with Crippen LogP contribution in [0.2, 0.25) is 0 Å². The Bertz CT molecular complexity index is 345. The van der Waals surface area contributed by atoms with Crippen molar-refractivity contribution in [3.63, 3.8) is 0 Å². The average molecular weight is 248 g/mol. The fraction of sp³-hybridized carbons (Fsp3) is 0.562. The molecule has 2 heteroatoms. The minimum absolute atomic E-state index is 0.0201. The van der Waals surface area contributed by atoms with Crippen molar-refractivity contribution in [2.75, 3.05) is 6.61 Å². The number of hydrogen-bond donors (Lipinski definition) is 0. The van der Waals surface area contributed by atoms with Crippen LogP contribution in [0.1, 0.15) is 51.5 Å². The van der Waals surface area contributed by atoms with Gasteiger partial charge in [-0.25, -0.2) is 0 Å². The van der Waals surface area contributed by atoms with Gasteiger partial charge >= 0.3 is 5.97 Å². The van der Waals surface area contributed by atoms with Crippen molar-refractivity contribution in [2.24, 2.45) is 5.92 Å². The minimum atomic E-state index is -0.0397. The van der Waals surface area contributed by atoms with Gasteiger partial charge in [0.25, 0.3) is 0 Å². The lowest BCUT2D eigenvalue weighted by Crippen LogP contribution is -2.19. The minimum Gasteiger partial charge on any atom is -0.465 e. The molecule has 0 radical (unpaired) electrons. The van der Waals surface area contributed by atoms with Crippen LogP contribution in [0.15, 0.2) is 30.3 Å². The Labute approximate surface area is 110 Å². The normalized spacial score (nSPS) is 13.9. The van der Waals surface area contributed by atoms with Crippen LogP contribution in [0.5, 0.6) is 0 Å². The van der Waals surface area contributed by atoms with Crippen LogP contribution in [0.25, 0.3) is 0 Å². The maximum absolute atomic E-state index is 11.9. The van der Waals surface area contributed by atoms with Crippen molar-refractivity contribution in [3.05, 3.63) is 35.9 Å². The lowest BCUT2D eigenvalue weighted by atomic mass is 9.89. The Kier molecular flexibility index (Phi) is 6.48. The summed E-state index contributed by atoms with van der Waals surface area (Å²) >= 11 is 0. The molecule has 18 heavy (non-hydrogen) atoms. The summed E-state index contributed by atoms with van der Waals surface area (Å²) in [5, 5.41) is 0. The molecule has 0 fully saturated rings. The first kappa shape index (κ1) is 14.7. The molecule has 0 N–H and O–H groups in total. The molecule has 2 unspecified atom stereocenters. The lowest BCUT2D eigenvalue weighted by Gasteiger charge is -2.18. The highest BCUT2D eigenvalue weighted by Crippen LogP contribution is 2.25. The second-order valence-corrected chi connectivity index (χ2v) is 4.82. The predicted molar refractivity (Wildman–Crippen MR) is 74.5 cm³/mol. The second kappa shape index (κ2) is 7.91. The molecule has 2 atom stereocenters. The molecule has 0 aromatic heterocycles. The highest BCUT2D eigenvalue weighted by atomic mass is 16.5. The van der Waals surface area contributed by atoms with Crippen LogP contribution < -0.4 is 0 Å². The van der Waals surface area contributed by atoms with Crippen molar-refractivity contribution in [3.8, 4) is 0 Å². The molecule has 0 aliphatic rings. The van der Waals surface area contributed by atoms with E-state index in [1.54, 1.807) is 0 Å². The number of rotatable bonds is 7. The van der Waals surface area contributed by atoms with Crippen LogP contribution in [0.3, 0.4) is 0 Å². The van der Waals surface area contributed by atoms with Crippen molar-refractivity contribution in [1.29, 1.82) is 0 Å². The van der Waals surface area contributed by atoms with E-state index in [0.717, 1.165) is 19.3 Å². The van der Waals surface area contributed by atoms with E-state index in [-0.39, 0.29) is 11.9 Å². The largest absolute Gasteiger partial charge is 0.465 e. The average Bonchev–Trinajstić information content (AvgIpc) is 2.42. The molecule has 0 aliphatic carbocycles. The molecule has 1 rings (SSSR count). The van der Waals surface area contributed by atoms with Crippen LogP contribution >= 0.6 is 0 Å². The summed E-state index contributed by atoms with van der Waals surface area (Å²) in [6.45, 7) is 6.77. The van der Waals surface area contributed by atoms with Crippen molar-refractivity contribution < 1.29 is 9.53 Å². The van der Waals surface area contributed by atoms with Gasteiger partial charge in [0.15, 0.2) is 0 Å². The molecule has 0 bridgehead atoms. The number of benzene rings is 1. The number of ether oxygens (including phenoxy) is 1. The van der Waals surface area contributed by atoms with Crippen molar-refractivity contribution in [2.45, 2.75) is 46.0 Å². The molecule has 0 heterocycles.